The van der Waals surface area contributed by atoms with Gasteiger partial charge in [-0.3, -0.25) is 4.79 Å². The van der Waals surface area contributed by atoms with Crippen LogP contribution in [0.5, 0.6) is 0 Å². The van der Waals surface area contributed by atoms with E-state index in [0.29, 0.717) is 11.5 Å². The smallest absolute Gasteiger partial charge is 0.340 e. The molecule has 0 spiro atoms. The lowest BCUT2D eigenvalue weighted by molar-refractivity contribution is 0.0527. The second kappa shape index (κ2) is 9.45. The Bertz CT molecular complexity index is 986. The average Bonchev–Trinajstić information content (AvgIpc) is 2.75. The monoisotopic (exact) mass is 390 g/mol. The van der Waals surface area contributed by atoms with Crippen LogP contribution in [0, 0.1) is 0 Å². The SMILES string of the molecule is CCOC(=O)c1ccccc1NC(=O)c1cnc(Nc2ccc(CC)cc2)cn1. The van der Waals surface area contributed by atoms with E-state index in [1.54, 1.807) is 31.2 Å². The number of carbonyl (C=O) groups excluding carboxylic acids is 2. The predicted molar refractivity (Wildman–Crippen MR) is 111 cm³/mol. The molecule has 1 aromatic heterocycles. The number of aryl methyl sites for hydroxylation is 1. The fraction of sp³-hybridized carbons (Fsp3) is 0.182. The van der Waals surface area contributed by atoms with E-state index in [-0.39, 0.29) is 17.9 Å². The van der Waals surface area contributed by atoms with Gasteiger partial charge in [-0.1, -0.05) is 31.2 Å². The van der Waals surface area contributed by atoms with Crippen LogP contribution < -0.4 is 10.6 Å². The second-order valence-electron chi connectivity index (χ2n) is 6.18. The van der Waals surface area contributed by atoms with Gasteiger partial charge in [0.2, 0.25) is 0 Å². The number of hydrogen-bond donors (Lipinski definition) is 2. The zero-order chi connectivity index (χ0) is 20.6. The van der Waals surface area contributed by atoms with Crippen LogP contribution in [-0.4, -0.2) is 28.5 Å². The van der Waals surface area contributed by atoms with Crippen molar-refractivity contribution >= 4 is 29.1 Å². The lowest BCUT2D eigenvalue weighted by Crippen LogP contribution is -2.17. The molecule has 1 amide bonds. The molecule has 0 fully saturated rings. The van der Waals surface area contributed by atoms with Crippen molar-refractivity contribution in [1.29, 1.82) is 0 Å². The van der Waals surface area contributed by atoms with E-state index in [0.717, 1.165) is 12.1 Å². The molecule has 7 heteroatoms. The molecule has 1 heterocycles. The number of esters is 1. The number of nitrogens with zero attached hydrogens (tertiary/aromatic N) is 2. The highest BCUT2D eigenvalue weighted by molar-refractivity contribution is 6.07. The maximum Gasteiger partial charge on any atom is 0.340 e. The van der Waals surface area contributed by atoms with Gasteiger partial charge in [0, 0.05) is 5.69 Å². The van der Waals surface area contributed by atoms with Crippen LogP contribution in [0.25, 0.3) is 0 Å². The van der Waals surface area contributed by atoms with Crippen molar-refractivity contribution in [3.63, 3.8) is 0 Å². The Morgan fingerprint density at radius 1 is 0.966 bits per heavy atom. The molecule has 0 saturated heterocycles. The first-order valence-corrected chi connectivity index (χ1v) is 9.36. The lowest BCUT2D eigenvalue weighted by Gasteiger charge is -2.10. The van der Waals surface area contributed by atoms with Gasteiger partial charge in [-0.05, 0) is 43.2 Å². The van der Waals surface area contributed by atoms with Gasteiger partial charge in [0.1, 0.15) is 11.5 Å². The Balaban J connectivity index is 1.68. The van der Waals surface area contributed by atoms with Crippen LogP contribution in [0.15, 0.2) is 60.9 Å². The van der Waals surface area contributed by atoms with Crippen molar-refractivity contribution in [3.8, 4) is 0 Å². The Hall–Kier alpha value is -3.74. The number of anilines is 3. The van der Waals surface area contributed by atoms with Crippen molar-refractivity contribution in [2.24, 2.45) is 0 Å². The molecular weight excluding hydrogens is 368 g/mol. The first-order valence-electron chi connectivity index (χ1n) is 9.36. The van der Waals surface area contributed by atoms with E-state index in [4.69, 9.17) is 4.74 Å². The number of carbonyl (C=O) groups is 2. The van der Waals surface area contributed by atoms with Gasteiger partial charge in [0.15, 0.2) is 0 Å². The van der Waals surface area contributed by atoms with Gasteiger partial charge in [0.25, 0.3) is 5.91 Å². The van der Waals surface area contributed by atoms with E-state index in [1.807, 2.05) is 24.3 Å². The largest absolute Gasteiger partial charge is 0.462 e. The molecule has 0 unspecified atom stereocenters. The molecule has 7 nitrogen and oxygen atoms in total. The van der Waals surface area contributed by atoms with Crippen molar-refractivity contribution < 1.29 is 14.3 Å². The number of hydrogen-bond acceptors (Lipinski definition) is 6. The van der Waals surface area contributed by atoms with Gasteiger partial charge in [0.05, 0.1) is 30.3 Å². The Morgan fingerprint density at radius 2 is 1.72 bits per heavy atom. The third kappa shape index (κ3) is 5.16. The normalized spacial score (nSPS) is 10.3. The number of aromatic nitrogens is 2. The molecule has 2 N–H and O–H groups in total. The molecule has 3 rings (SSSR count). The molecule has 0 radical (unpaired) electrons. The van der Waals surface area contributed by atoms with Crippen LogP contribution in [0.4, 0.5) is 17.2 Å². The minimum absolute atomic E-state index is 0.135. The van der Waals surface area contributed by atoms with E-state index in [1.165, 1.54) is 18.0 Å². The molecule has 29 heavy (non-hydrogen) atoms. The number of ether oxygens (including phenoxy) is 1. The van der Waals surface area contributed by atoms with Gasteiger partial charge in [-0.15, -0.1) is 0 Å². The molecule has 0 aliphatic rings. The molecule has 0 saturated carbocycles. The highest BCUT2D eigenvalue weighted by Crippen LogP contribution is 2.18. The van der Waals surface area contributed by atoms with Gasteiger partial charge in [-0.25, -0.2) is 14.8 Å². The summed E-state index contributed by atoms with van der Waals surface area (Å²) in [6.45, 7) is 4.08. The number of rotatable bonds is 7. The summed E-state index contributed by atoms with van der Waals surface area (Å²) in [6.07, 6.45) is 3.84. The van der Waals surface area contributed by atoms with Crippen LogP contribution >= 0.6 is 0 Å². The van der Waals surface area contributed by atoms with Crippen LogP contribution in [0.1, 0.15) is 40.3 Å². The van der Waals surface area contributed by atoms with Crippen molar-refractivity contribution in [3.05, 3.63) is 77.7 Å². The van der Waals surface area contributed by atoms with Gasteiger partial charge in [-0.2, -0.15) is 0 Å². The minimum atomic E-state index is -0.497. The highest BCUT2D eigenvalue weighted by atomic mass is 16.5. The molecule has 2 aromatic carbocycles. The van der Waals surface area contributed by atoms with E-state index in [9.17, 15) is 9.59 Å². The van der Waals surface area contributed by atoms with Crippen LogP contribution in [0.3, 0.4) is 0 Å². The highest BCUT2D eigenvalue weighted by Gasteiger charge is 2.15. The summed E-state index contributed by atoms with van der Waals surface area (Å²) >= 11 is 0. The van der Waals surface area contributed by atoms with Crippen LogP contribution in [-0.2, 0) is 11.2 Å². The number of benzene rings is 2. The van der Waals surface area contributed by atoms with Crippen molar-refractivity contribution in [2.45, 2.75) is 20.3 Å². The summed E-state index contributed by atoms with van der Waals surface area (Å²) in [4.78, 5) is 32.9. The fourth-order valence-electron chi connectivity index (χ4n) is 2.65. The Morgan fingerprint density at radius 3 is 2.38 bits per heavy atom. The molecule has 0 aliphatic carbocycles. The second-order valence-corrected chi connectivity index (χ2v) is 6.18. The summed E-state index contributed by atoms with van der Waals surface area (Å²) in [7, 11) is 0. The van der Waals surface area contributed by atoms with Crippen molar-refractivity contribution in [2.75, 3.05) is 17.2 Å². The lowest BCUT2D eigenvalue weighted by atomic mass is 10.1. The Kier molecular flexibility index (Phi) is 6.52. The molecule has 148 valence electrons. The third-order valence-electron chi connectivity index (χ3n) is 4.19. The van der Waals surface area contributed by atoms with Crippen molar-refractivity contribution in [1.82, 2.24) is 9.97 Å². The topological polar surface area (TPSA) is 93.2 Å². The molecule has 0 aliphatic heterocycles. The number of amides is 1. The first kappa shape index (κ1) is 20.0. The van der Waals surface area contributed by atoms with Gasteiger partial charge < -0.3 is 15.4 Å². The quantitative estimate of drug-likeness (QED) is 0.587. The number of para-hydroxylation sites is 1. The summed E-state index contributed by atoms with van der Waals surface area (Å²) in [5.41, 5.74) is 2.91. The van der Waals surface area contributed by atoms with Gasteiger partial charge >= 0.3 is 5.97 Å². The zero-order valence-electron chi connectivity index (χ0n) is 16.3. The third-order valence-corrected chi connectivity index (χ3v) is 4.19. The Labute approximate surface area is 169 Å². The van der Waals surface area contributed by atoms with E-state index < -0.39 is 11.9 Å². The van der Waals surface area contributed by atoms with E-state index >= 15 is 0 Å². The molecule has 0 bridgehead atoms. The average molecular weight is 390 g/mol. The first-order chi connectivity index (χ1) is 14.1. The van der Waals surface area contributed by atoms with Crippen LogP contribution in [0.2, 0.25) is 0 Å². The fourth-order valence-corrected chi connectivity index (χ4v) is 2.65. The standard InChI is InChI=1S/C22H22N4O3/c1-3-15-9-11-16(12-10-15)25-20-14-23-19(13-24-20)21(27)26-18-8-6-5-7-17(18)22(28)29-4-2/h5-14H,3-4H2,1-2H3,(H,24,25)(H,26,27). The molecule has 0 atom stereocenters. The summed E-state index contributed by atoms with van der Waals surface area (Å²) < 4.78 is 5.02. The zero-order valence-corrected chi connectivity index (χ0v) is 16.3. The minimum Gasteiger partial charge on any atom is -0.462 e. The molecular formula is C22H22N4O3. The maximum atomic E-state index is 12.5. The molecule has 3 aromatic rings. The summed E-state index contributed by atoms with van der Waals surface area (Å²) in [5.74, 6) is -0.436. The number of nitrogens with one attached hydrogen (secondary N) is 2. The van der Waals surface area contributed by atoms with E-state index in [2.05, 4.69) is 27.5 Å². The maximum absolute atomic E-state index is 12.5. The summed E-state index contributed by atoms with van der Waals surface area (Å²) in [6, 6.07) is 14.7. The predicted octanol–water partition coefficient (Wildman–Crippen LogP) is 4.21. The summed E-state index contributed by atoms with van der Waals surface area (Å²) in [5, 5.41) is 5.83.